The summed E-state index contributed by atoms with van der Waals surface area (Å²) in [6.07, 6.45) is 3.02. The molecule has 1 saturated carbocycles. The van der Waals surface area contributed by atoms with Crippen LogP contribution in [0, 0.1) is 10.8 Å². The van der Waals surface area contributed by atoms with E-state index in [-0.39, 0.29) is 60.6 Å². The maximum atomic E-state index is 13.8. The highest BCUT2D eigenvalue weighted by molar-refractivity contribution is 6.10. The average molecular weight is 457 g/mol. The molecule has 0 aromatic heterocycles. The number of carbonyl (C=O) groups excluding carboxylic acids is 3. The molecule has 2 saturated heterocycles. The summed E-state index contributed by atoms with van der Waals surface area (Å²) in [6, 6.07) is 7.40. The summed E-state index contributed by atoms with van der Waals surface area (Å²) in [7, 11) is 3.10. The van der Waals surface area contributed by atoms with E-state index in [0.717, 1.165) is 19.3 Å². The second-order valence-electron chi connectivity index (χ2n) is 11.2. The van der Waals surface area contributed by atoms with Crippen molar-refractivity contribution in [1.29, 1.82) is 0 Å². The van der Waals surface area contributed by atoms with Gasteiger partial charge in [0, 0.05) is 32.5 Å². The van der Waals surface area contributed by atoms with Gasteiger partial charge in [-0.3, -0.25) is 19.3 Å². The molecule has 0 radical (unpaired) electrons. The standard InChI is InChI=1S/C26H36N2O5/c1-24(2)12-19-13-25(3,16-24)17-28(19)22(30)15-26(18-7-6-8-20(11-18)33-5)14-21(29)27(23(26)31)9-10-32-4/h6-8,11,19H,9-10,12-17H2,1-5H3/t19-,25+,26+/m0/s1. The minimum absolute atomic E-state index is 0.0127. The van der Waals surface area contributed by atoms with Crippen LogP contribution < -0.4 is 4.74 Å². The molecule has 1 aromatic rings. The molecule has 0 unspecified atom stereocenters. The molecule has 3 fully saturated rings. The SMILES string of the molecule is COCCN1C(=O)C[C@@](CC(=O)N2C[C@]3(C)C[C@@H]2CC(C)(C)C3)(c2cccc(OC)c2)C1=O. The Labute approximate surface area is 196 Å². The van der Waals surface area contributed by atoms with Crippen LogP contribution in [0.4, 0.5) is 0 Å². The fourth-order valence-corrected chi connectivity index (χ4v) is 6.71. The van der Waals surface area contributed by atoms with E-state index >= 15 is 0 Å². The number of hydrogen-bond acceptors (Lipinski definition) is 5. The van der Waals surface area contributed by atoms with E-state index < -0.39 is 5.41 Å². The number of likely N-dealkylation sites (tertiary alicyclic amines) is 2. The second-order valence-corrected chi connectivity index (χ2v) is 11.2. The third-order valence-electron chi connectivity index (χ3n) is 7.74. The summed E-state index contributed by atoms with van der Waals surface area (Å²) >= 11 is 0. The predicted molar refractivity (Wildman–Crippen MR) is 124 cm³/mol. The van der Waals surface area contributed by atoms with Crippen LogP contribution in [0.5, 0.6) is 5.75 Å². The lowest BCUT2D eigenvalue weighted by Crippen LogP contribution is -2.45. The van der Waals surface area contributed by atoms with Crippen molar-refractivity contribution in [2.24, 2.45) is 10.8 Å². The first kappa shape index (κ1) is 23.7. The average Bonchev–Trinajstić information content (AvgIpc) is 3.15. The van der Waals surface area contributed by atoms with Crippen LogP contribution in [0.3, 0.4) is 0 Å². The van der Waals surface area contributed by atoms with E-state index in [2.05, 4.69) is 20.8 Å². The van der Waals surface area contributed by atoms with Gasteiger partial charge in [0.15, 0.2) is 0 Å². The minimum Gasteiger partial charge on any atom is -0.497 e. The van der Waals surface area contributed by atoms with Crippen LogP contribution >= 0.6 is 0 Å². The zero-order valence-electron chi connectivity index (χ0n) is 20.5. The molecule has 0 spiro atoms. The Hall–Kier alpha value is -2.41. The molecule has 1 aromatic carbocycles. The van der Waals surface area contributed by atoms with Crippen molar-refractivity contribution in [1.82, 2.24) is 9.80 Å². The molecule has 2 aliphatic heterocycles. The maximum absolute atomic E-state index is 13.8. The van der Waals surface area contributed by atoms with Crippen molar-refractivity contribution in [3.8, 4) is 5.75 Å². The van der Waals surface area contributed by atoms with Crippen LogP contribution in [0.25, 0.3) is 0 Å². The highest BCUT2D eigenvalue weighted by Crippen LogP contribution is 2.53. The van der Waals surface area contributed by atoms with Gasteiger partial charge in [-0.1, -0.05) is 32.9 Å². The van der Waals surface area contributed by atoms with E-state index in [1.165, 1.54) is 12.0 Å². The number of methoxy groups -OCH3 is 2. The number of nitrogens with zero attached hydrogens (tertiary/aromatic N) is 2. The Kier molecular flexibility index (Phi) is 6.06. The van der Waals surface area contributed by atoms with Gasteiger partial charge in [0.1, 0.15) is 5.75 Å². The molecule has 33 heavy (non-hydrogen) atoms. The first-order chi connectivity index (χ1) is 15.5. The first-order valence-electron chi connectivity index (χ1n) is 11.8. The van der Waals surface area contributed by atoms with E-state index in [1.807, 2.05) is 17.0 Å². The minimum atomic E-state index is -1.22. The van der Waals surface area contributed by atoms with E-state index in [9.17, 15) is 14.4 Å². The Bertz CT molecular complexity index is 960. The van der Waals surface area contributed by atoms with Crippen LogP contribution in [0.15, 0.2) is 24.3 Å². The number of ether oxygens (including phenoxy) is 2. The van der Waals surface area contributed by atoms with Crippen LogP contribution in [-0.2, 0) is 24.5 Å². The van der Waals surface area contributed by atoms with E-state index in [0.29, 0.717) is 17.9 Å². The number of rotatable bonds is 7. The molecule has 1 aliphatic carbocycles. The van der Waals surface area contributed by atoms with Gasteiger partial charge in [-0.05, 0) is 47.8 Å². The Morgan fingerprint density at radius 3 is 2.61 bits per heavy atom. The van der Waals surface area contributed by atoms with Gasteiger partial charge < -0.3 is 14.4 Å². The van der Waals surface area contributed by atoms with Crippen molar-refractivity contribution in [3.05, 3.63) is 29.8 Å². The fourth-order valence-electron chi connectivity index (χ4n) is 6.71. The second kappa shape index (κ2) is 8.42. The van der Waals surface area contributed by atoms with Gasteiger partial charge in [0.2, 0.25) is 17.7 Å². The van der Waals surface area contributed by atoms with Gasteiger partial charge in [0.25, 0.3) is 0 Å². The fraction of sp³-hybridized carbons (Fsp3) is 0.654. The monoisotopic (exact) mass is 456 g/mol. The van der Waals surface area contributed by atoms with Gasteiger partial charge in [-0.25, -0.2) is 0 Å². The van der Waals surface area contributed by atoms with E-state index in [1.54, 1.807) is 19.2 Å². The molecule has 3 atom stereocenters. The van der Waals surface area contributed by atoms with Crippen molar-refractivity contribution >= 4 is 17.7 Å². The molecule has 3 amide bonds. The van der Waals surface area contributed by atoms with Gasteiger partial charge in [-0.2, -0.15) is 0 Å². The molecule has 0 N–H and O–H groups in total. The van der Waals surface area contributed by atoms with Gasteiger partial charge >= 0.3 is 0 Å². The smallest absolute Gasteiger partial charge is 0.240 e. The summed E-state index contributed by atoms with van der Waals surface area (Å²) in [4.78, 5) is 43.7. The van der Waals surface area contributed by atoms with Gasteiger partial charge in [-0.15, -0.1) is 0 Å². The highest BCUT2D eigenvalue weighted by atomic mass is 16.5. The Morgan fingerprint density at radius 1 is 1.15 bits per heavy atom. The van der Waals surface area contributed by atoms with E-state index in [4.69, 9.17) is 9.47 Å². The summed E-state index contributed by atoms with van der Waals surface area (Å²) in [5.41, 5.74) is -0.274. The highest BCUT2D eigenvalue weighted by Gasteiger charge is 2.56. The number of imide groups is 1. The number of carbonyl (C=O) groups is 3. The molecule has 4 rings (SSSR count). The normalized spacial score (nSPS) is 30.8. The quantitative estimate of drug-likeness (QED) is 0.589. The van der Waals surface area contributed by atoms with Crippen LogP contribution in [-0.4, -0.2) is 67.5 Å². The van der Waals surface area contributed by atoms with Crippen LogP contribution in [0.1, 0.15) is 58.4 Å². The number of benzene rings is 1. The molecule has 7 heteroatoms. The lowest BCUT2D eigenvalue weighted by molar-refractivity contribution is -0.143. The first-order valence-corrected chi connectivity index (χ1v) is 11.8. The zero-order chi connectivity index (χ0) is 24.0. The lowest BCUT2D eigenvalue weighted by Gasteiger charge is -2.39. The predicted octanol–water partition coefficient (Wildman–Crippen LogP) is 3.16. The molecular weight excluding hydrogens is 420 g/mol. The number of hydrogen-bond donors (Lipinski definition) is 0. The van der Waals surface area contributed by atoms with Crippen molar-refractivity contribution in [2.45, 2.75) is 64.3 Å². The number of amides is 3. The van der Waals surface area contributed by atoms with Crippen LogP contribution in [0.2, 0.25) is 0 Å². The van der Waals surface area contributed by atoms with Crippen molar-refractivity contribution in [2.75, 3.05) is 33.9 Å². The van der Waals surface area contributed by atoms with Crippen molar-refractivity contribution in [3.63, 3.8) is 0 Å². The lowest BCUT2D eigenvalue weighted by atomic mass is 9.65. The van der Waals surface area contributed by atoms with Gasteiger partial charge in [0.05, 0.1) is 25.7 Å². The maximum Gasteiger partial charge on any atom is 0.240 e. The molecule has 180 valence electrons. The third-order valence-corrected chi connectivity index (χ3v) is 7.74. The summed E-state index contributed by atoms with van der Waals surface area (Å²) in [5, 5.41) is 0. The third kappa shape index (κ3) is 4.27. The molecular formula is C26H36N2O5. The Morgan fingerprint density at radius 2 is 1.91 bits per heavy atom. The summed E-state index contributed by atoms with van der Waals surface area (Å²) in [6.45, 7) is 7.98. The van der Waals surface area contributed by atoms with Crippen molar-refractivity contribution < 1.29 is 23.9 Å². The molecule has 3 aliphatic rings. The summed E-state index contributed by atoms with van der Waals surface area (Å²) < 4.78 is 10.5. The zero-order valence-corrected chi connectivity index (χ0v) is 20.5. The molecule has 2 heterocycles. The summed E-state index contributed by atoms with van der Waals surface area (Å²) in [5.74, 6) is -0.0269. The molecule has 7 nitrogen and oxygen atoms in total. The Balaban J connectivity index is 1.67. The molecule has 2 bridgehead atoms. The topological polar surface area (TPSA) is 76.2 Å². The largest absolute Gasteiger partial charge is 0.497 e. The number of fused-ring (bicyclic) bond motifs is 2.